The molecule has 23 heavy (non-hydrogen) atoms. The quantitative estimate of drug-likeness (QED) is 0.809. The van der Waals surface area contributed by atoms with E-state index in [4.69, 9.17) is 0 Å². The van der Waals surface area contributed by atoms with E-state index in [1.165, 1.54) is 6.42 Å². The van der Waals surface area contributed by atoms with Crippen LogP contribution in [0, 0.1) is 12.8 Å². The molecule has 1 aliphatic rings. The Bertz CT molecular complexity index is 711. The largest absolute Gasteiger partial charge is 0.301 e. The second-order valence-corrected chi connectivity index (χ2v) is 6.94. The van der Waals surface area contributed by atoms with E-state index in [2.05, 4.69) is 28.7 Å². The second kappa shape index (κ2) is 6.75. The Morgan fingerprint density at radius 2 is 2.17 bits per heavy atom. The van der Waals surface area contributed by atoms with Gasteiger partial charge in [-0.2, -0.15) is 0 Å². The Morgan fingerprint density at radius 1 is 1.35 bits per heavy atom. The van der Waals surface area contributed by atoms with Gasteiger partial charge in [-0.3, -0.25) is 9.78 Å². The van der Waals surface area contributed by atoms with Crippen LogP contribution in [0.4, 0.5) is 0 Å². The average molecular weight is 311 g/mol. The molecule has 0 radical (unpaired) electrons. The smallest absolute Gasteiger partial charge is 0.163 e. The van der Waals surface area contributed by atoms with Crippen molar-refractivity contribution in [2.45, 2.75) is 46.1 Å². The Morgan fingerprint density at radius 3 is 2.96 bits per heavy atom. The van der Waals surface area contributed by atoms with E-state index in [1.807, 2.05) is 25.1 Å². The van der Waals surface area contributed by atoms with E-state index < -0.39 is 0 Å². The molecule has 122 valence electrons. The van der Waals surface area contributed by atoms with Gasteiger partial charge >= 0.3 is 0 Å². The molecule has 4 heteroatoms. The van der Waals surface area contributed by atoms with Gasteiger partial charge < -0.3 is 4.90 Å². The minimum absolute atomic E-state index is 0.227. The Balaban J connectivity index is 1.71. The molecule has 1 fully saturated rings. The van der Waals surface area contributed by atoms with Gasteiger partial charge in [-0.25, -0.2) is 4.98 Å². The van der Waals surface area contributed by atoms with E-state index >= 15 is 0 Å². The zero-order valence-corrected chi connectivity index (χ0v) is 14.2. The third-order valence-electron chi connectivity index (χ3n) is 4.74. The summed E-state index contributed by atoms with van der Waals surface area (Å²) < 4.78 is 0. The second-order valence-electron chi connectivity index (χ2n) is 6.94. The van der Waals surface area contributed by atoms with Crippen molar-refractivity contribution >= 4 is 16.8 Å². The van der Waals surface area contributed by atoms with Crippen molar-refractivity contribution in [3.8, 4) is 0 Å². The highest BCUT2D eigenvalue weighted by Gasteiger charge is 2.24. The van der Waals surface area contributed by atoms with E-state index in [9.17, 15) is 4.79 Å². The number of piperidine rings is 1. The Labute approximate surface area is 137 Å². The molecular weight excluding hydrogens is 286 g/mol. The van der Waals surface area contributed by atoms with Gasteiger partial charge in [0.1, 0.15) is 0 Å². The summed E-state index contributed by atoms with van der Waals surface area (Å²) in [6.07, 6.45) is 4.73. The molecule has 2 heterocycles. The summed E-state index contributed by atoms with van der Waals surface area (Å²) in [6.45, 7) is 8.58. The molecule has 3 rings (SSSR count). The monoisotopic (exact) mass is 311 g/mol. The van der Waals surface area contributed by atoms with Gasteiger partial charge in [0.15, 0.2) is 5.78 Å². The fraction of sp³-hybridized carbons (Fsp3) is 0.526. The number of benzene rings is 1. The van der Waals surface area contributed by atoms with Crippen LogP contribution in [0.5, 0.6) is 0 Å². The van der Waals surface area contributed by atoms with E-state index in [-0.39, 0.29) is 5.78 Å². The van der Waals surface area contributed by atoms with Crippen molar-refractivity contribution < 1.29 is 4.79 Å². The lowest BCUT2D eigenvalue weighted by Crippen LogP contribution is -2.40. The first-order chi connectivity index (χ1) is 11.0. The van der Waals surface area contributed by atoms with Gasteiger partial charge in [0.25, 0.3) is 0 Å². The number of carbonyl (C=O) groups excluding carboxylic acids is 1. The topological polar surface area (TPSA) is 46.1 Å². The summed E-state index contributed by atoms with van der Waals surface area (Å²) in [4.78, 5) is 23.9. The van der Waals surface area contributed by atoms with Gasteiger partial charge in [-0.15, -0.1) is 0 Å². The minimum atomic E-state index is 0.227. The Hall–Kier alpha value is -1.81. The number of ketones is 1. The van der Waals surface area contributed by atoms with Crippen LogP contribution in [0.1, 0.15) is 49.2 Å². The number of rotatable bonds is 4. The highest BCUT2D eigenvalue weighted by Crippen LogP contribution is 2.23. The SMILES string of the molecule is Cc1cnc2cc(C(=O)C[C@@H]3CCCN(C(C)C)C3)ccc2n1. The predicted octanol–water partition coefficient (Wildman–Crippen LogP) is 3.63. The fourth-order valence-corrected chi connectivity index (χ4v) is 3.39. The van der Waals surface area contributed by atoms with Crippen molar-refractivity contribution in [3.05, 3.63) is 35.7 Å². The molecule has 1 saturated heterocycles. The van der Waals surface area contributed by atoms with Crippen molar-refractivity contribution in [2.75, 3.05) is 13.1 Å². The fourth-order valence-electron chi connectivity index (χ4n) is 3.39. The molecule has 0 saturated carbocycles. The van der Waals surface area contributed by atoms with Gasteiger partial charge in [-0.1, -0.05) is 0 Å². The van der Waals surface area contributed by atoms with Gasteiger partial charge in [0, 0.05) is 30.8 Å². The Kier molecular flexibility index (Phi) is 4.71. The molecule has 0 unspecified atom stereocenters. The molecule has 1 aromatic carbocycles. The summed E-state index contributed by atoms with van der Waals surface area (Å²) in [5, 5.41) is 0. The molecule has 2 aromatic rings. The predicted molar refractivity (Wildman–Crippen MR) is 92.7 cm³/mol. The highest BCUT2D eigenvalue weighted by atomic mass is 16.1. The number of aromatic nitrogens is 2. The maximum absolute atomic E-state index is 12.6. The average Bonchev–Trinajstić information content (AvgIpc) is 2.54. The first kappa shape index (κ1) is 16.1. The van der Waals surface area contributed by atoms with Gasteiger partial charge in [-0.05, 0) is 64.3 Å². The van der Waals surface area contributed by atoms with Crippen LogP contribution < -0.4 is 0 Å². The number of fused-ring (bicyclic) bond motifs is 1. The first-order valence-electron chi connectivity index (χ1n) is 8.53. The lowest BCUT2D eigenvalue weighted by atomic mass is 9.90. The lowest BCUT2D eigenvalue weighted by Gasteiger charge is -2.35. The zero-order valence-electron chi connectivity index (χ0n) is 14.2. The summed E-state index contributed by atoms with van der Waals surface area (Å²) in [7, 11) is 0. The molecule has 0 N–H and O–H groups in total. The molecule has 0 bridgehead atoms. The number of aryl methyl sites for hydroxylation is 1. The molecule has 1 atom stereocenters. The highest BCUT2D eigenvalue weighted by molar-refractivity contribution is 5.98. The van der Waals surface area contributed by atoms with Crippen molar-refractivity contribution in [3.63, 3.8) is 0 Å². The molecular formula is C19H25N3O. The first-order valence-corrected chi connectivity index (χ1v) is 8.53. The van der Waals surface area contributed by atoms with Gasteiger partial charge in [0.2, 0.25) is 0 Å². The van der Waals surface area contributed by atoms with Crippen molar-refractivity contribution in [1.29, 1.82) is 0 Å². The van der Waals surface area contributed by atoms with Gasteiger partial charge in [0.05, 0.1) is 16.7 Å². The lowest BCUT2D eigenvalue weighted by molar-refractivity contribution is 0.0890. The maximum Gasteiger partial charge on any atom is 0.163 e. The third-order valence-corrected chi connectivity index (χ3v) is 4.74. The number of likely N-dealkylation sites (tertiary alicyclic amines) is 1. The van der Waals surface area contributed by atoms with Crippen molar-refractivity contribution in [2.24, 2.45) is 5.92 Å². The summed E-state index contributed by atoms with van der Waals surface area (Å²) in [5.74, 6) is 0.698. The zero-order chi connectivity index (χ0) is 16.4. The number of carbonyl (C=O) groups is 1. The van der Waals surface area contributed by atoms with Crippen LogP contribution in [0.25, 0.3) is 11.0 Å². The molecule has 1 aliphatic heterocycles. The van der Waals surface area contributed by atoms with Crippen LogP contribution in [0.2, 0.25) is 0 Å². The number of hydrogen-bond acceptors (Lipinski definition) is 4. The minimum Gasteiger partial charge on any atom is -0.301 e. The van der Waals surface area contributed by atoms with Crippen LogP contribution in [-0.4, -0.2) is 39.8 Å². The van der Waals surface area contributed by atoms with E-state index in [0.717, 1.165) is 41.8 Å². The normalized spacial score (nSPS) is 19.4. The summed E-state index contributed by atoms with van der Waals surface area (Å²) >= 11 is 0. The standard InChI is InChI=1S/C19H25N3O/c1-13(2)22-8-4-5-15(12-22)9-19(23)16-6-7-17-18(10-16)20-11-14(3)21-17/h6-7,10-11,13,15H,4-5,8-9,12H2,1-3H3/t15-/m0/s1. The third kappa shape index (κ3) is 3.75. The van der Waals surface area contributed by atoms with Crippen molar-refractivity contribution in [1.82, 2.24) is 14.9 Å². The van der Waals surface area contributed by atoms with Crippen LogP contribution >= 0.6 is 0 Å². The summed E-state index contributed by atoms with van der Waals surface area (Å²) in [6, 6.07) is 6.24. The van der Waals surface area contributed by atoms with Crippen LogP contribution in [0.3, 0.4) is 0 Å². The van der Waals surface area contributed by atoms with Crippen LogP contribution in [-0.2, 0) is 0 Å². The van der Waals surface area contributed by atoms with Crippen LogP contribution in [0.15, 0.2) is 24.4 Å². The number of nitrogens with zero attached hydrogens (tertiary/aromatic N) is 3. The molecule has 0 spiro atoms. The summed E-state index contributed by atoms with van der Waals surface area (Å²) in [5.41, 5.74) is 3.31. The molecule has 0 aliphatic carbocycles. The van der Waals surface area contributed by atoms with E-state index in [0.29, 0.717) is 18.4 Å². The molecule has 1 aromatic heterocycles. The maximum atomic E-state index is 12.6. The number of Topliss-reactive ketones (excluding diaryl/α,β-unsaturated/α-hetero) is 1. The van der Waals surface area contributed by atoms with E-state index in [1.54, 1.807) is 6.20 Å². The molecule has 4 nitrogen and oxygen atoms in total. The number of hydrogen-bond donors (Lipinski definition) is 0. The molecule has 0 amide bonds.